The highest BCUT2D eigenvalue weighted by Gasteiger charge is 2.52. The highest BCUT2D eigenvalue weighted by atomic mass is 16.2. The van der Waals surface area contributed by atoms with Crippen molar-refractivity contribution in [3.63, 3.8) is 0 Å². The molecular weight excluding hydrogens is 356 g/mol. The summed E-state index contributed by atoms with van der Waals surface area (Å²) >= 11 is 0. The number of anilines is 1. The first-order chi connectivity index (χ1) is 13.2. The van der Waals surface area contributed by atoms with Gasteiger partial charge in [-0.3, -0.25) is 14.5 Å². The van der Waals surface area contributed by atoms with Crippen molar-refractivity contribution < 1.29 is 14.4 Å². The minimum atomic E-state index is -0.801. The Morgan fingerprint density at radius 3 is 2.32 bits per heavy atom. The molecule has 0 atom stereocenters. The van der Waals surface area contributed by atoms with Crippen LogP contribution in [0.25, 0.3) is 0 Å². The summed E-state index contributed by atoms with van der Waals surface area (Å²) in [5, 5.41) is 2.86. The molecular formula is C21H30N4O3. The smallest absolute Gasteiger partial charge is 0.325 e. The molecule has 0 aromatic heterocycles. The number of likely N-dealkylation sites (N-methyl/N-ethyl adjacent to an activating group) is 1. The first kappa shape index (κ1) is 20.2. The van der Waals surface area contributed by atoms with E-state index in [2.05, 4.69) is 12.2 Å². The summed E-state index contributed by atoms with van der Waals surface area (Å²) in [6, 6.07) is 7.50. The minimum absolute atomic E-state index is 0.214. The summed E-state index contributed by atoms with van der Waals surface area (Å²) < 4.78 is 0. The van der Waals surface area contributed by atoms with Gasteiger partial charge in [0.1, 0.15) is 12.1 Å². The van der Waals surface area contributed by atoms with E-state index < -0.39 is 11.6 Å². The molecule has 1 heterocycles. The van der Waals surface area contributed by atoms with Crippen LogP contribution in [-0.4, -0.2) is 60.9 Å². The number of nitrogens with one attached hydrogen (secondary N) is 1. The van der Waals surface area contributed by atoms with Crippen molar-refractivity contribution in [2.75, 3.05) is 32.6 Å². The lowest BCUT2D eigenvalue weighted by atomic mass is 9.77. The third-order valence-corrected chi connectivity index (χ3v) is 5.97. The number of carbonyl (C=O) groups is 3. The van der Waals surface area contributed by atoms with Gasteiger partial charge in [0.05, 0.1) is 0 Å². The summed E-state index contributed by atoms with van der Waals surface area (Å²) in [5.41, 5.74) is 1.28. The Hall–Kier alpha value is -2.57. The number of carbonyl (C=O) groups excluding carboxylic acids is 3. The first-order valence-electron chi connectivity index (χ1n) is 9.86. The molecule has 152 valence electrons. The summed E-state index contributed by atoms with van der Waals surface area (Å²) in [6.07, 6.45) is 3.13. The van der Waals surface area contributed by atoms with Gasteiger partial charge in [0, 0.05) is 33.4 Å². The van der Waals surface area contributed by atoms with Gasteiger partial charge in [-0.1, -0.05) is 19.1 Å². The fourth-order valence-corrected chi connectivity index (χ4v) is 3.93. The molecule has 0 radical (unpaired) electrons. The number of imide groups is 1. The van der Waals surface area contributed by atoms with E-state index in [1.807, 2.05) is 43.3 Å². The number of rotatable bonds is 5. The molecule has 7 heteroatoms. The van der Waals surface area contributed by atoms with Crippen LogP contribution in [0.15, 0.2) is 24.3 Å². The van der Waals surface area contributed by atoms with Gasteiger partial charge in [0.25, 0.3) is 5.91 Å². The van der Waals surface area contributed by atoms with Crippen molar-refractivity contribution in [1.82, 2.24) is 15.1 Å². The van der Waals surface area contributed by atoms with Gasteiger partial charge < -0.3 is 15.1 Å². The third kappa shape index (κ3) is 3.98. The minimum Gasteiger partial charge on any atom is -0.378 e. The Kier molecular flexibility index (Phi) is 5.63. The molecule has 2 fully saturated rings. The second-order valence-corrected chi connectivity index (χ2v) is 8.40. The van der Waals surface area contributed by atoms with Crippen LogP contribution in [-0.2, 0) is 16.1 Å². The number of benzene rings is 1. The Bertz CT molecular complexity index is 751. The molecule has 0 bridgehead atoms. The third-order valence-electron chi connectivity index (χ3n) is 5.97. The maximum Gasteiger partial charge on any atom is 0.325 e. The second-order valence-electron chi connectivity index (χ2n) is 8.40. The van der Waals surface area contributed by atoms with Gasteiger partial charge in [0.15, 0.2) is 0 Å². The average Bonchev–Trinajstić information content (AvgIpc) is 2.89. The predicted octanol–water partition coefficient (Wildman–Crippen LogP) is 2.21. The molecule has 0 unspecified atom stereocenters. The van der Waals surface area contributed by atoms with Gasteiger partial charge in [-0.05, 0) is 49.3 Å². The summed E-state index contributed by atoms with van der Waals surface area (Å²) in [4.78, 5) is 42.6. The molecule has 2 aliphatic rings. The standard InChI is InChI=1S/C21H30N4O3/c1-15-9-11-21(12-10-15)19(27)25(20(28)22-21)14-18(26)24(4)13-16-5-7-17(8-6-16)23(2)3/h5-8,15H,9-14H2,1-4H3,(H,22,28). The number of urea groups is 1. The van der Waals surface area contributed by atoms with Crippen molar-refractivity contribution >= 4 is 23.5 Å². The van der Waals surface area contributed by atoms with E-state index in [1.54, 1.807) is 11.9 Å². The van der Waals surface area contributed by atoms with Gasteiger partial charge in [-0.15, -0.1) is 0 Å². The molecule has 1 aromatic rings. The zero-order valence-corrected chi connectivity index (χ0v) is 17.2. The lowest BCUT2D eigenvalue weighted by Gasteiger charge is -2.33. The SMILES string of the molecule is CC1CCC2(CC1)NC(=O)N(CC(=O)N(C)Cc1ccc(N(C)C)cc1)C2=O. The topological polar surface area (TPSA) is 73.0 Å². The van der Waals surface area contributed by atoms with E-state index in [9.17, 15) is 14.4 Å². The van der Waals surface area contributed by atoms with Crippen LogP contribution in [0.2, 0.25) is 0 Å². The lowest BCUT2D eigenvalue weighted by Crippen LogP contribution is -2.50. The Morgan fingerprint density at radius 2 is 1.75 bits per heavy atom. The van der Waals surface area contributed by atoms with Crippen molar-refractivity contribution in [3.05, 3.63) is 29.8 Å². The largest absolute Gasteiger partial charge is 0.378 e. The highest BCUT2D eigenvalue weighted by molar-refractivity contribution is 6.09. The Balaban J connectivity index is 1.60. The summed E-state index contributed by atoms with van der Waals surface area (Å²) in [5.74, 6) is 0.0684. The van der Waals surface area contributed by atoms with Crippen molar-refractivity contribution in [3.8, 4) is 0 Å². The average molecular weight is 386 g/mol. The summed E-state index contributed by atoms with van der Waals surface area (Å²) in [6.45, 7) is 2.38. The zero-order valence-electron chi connectivity index (χ0n) is 17.2. The van der Waals surface area contributed by atoms with Crippen molar-refractivity contribution in [2.24, 2.45) is 5.92 Å². The Labute approximate surface area is 166 Å². The molecule has 1 aliphatic carbocycles. The number of hydrogen-bond donors (Lipinski definition) is 1. The normalized spacial score (nSPS) is 24.4. The van der Waals surface area contributed by atoms with Crippen LogP contribution in [0.1, 0.15) is 38.2 Å². The van der Waals surface area contributed by atoms with Crippen LogP contribution >= 0.6 is 0 Å². The van der Waals surface area contributed by atoms with Crippen molar-refractivity contribution in [2.45, 2.75) is 44.7 Å². The van der Waals surface area contributed by atoms with Gasteiger partial charge >= 0.3 is 6.03 Å². The molecule has 28 heavy (non-hydrogen) atoms. The van der Waals surface area contributed by atoms with Gasteiger partial charge in [-0.2, -0.15) is 0 Å². The highest BCUT2D eigenvalue weighted by Crippen LogP contribution is 2.36. The van der Waals surface area contributed by atoms with Crippen LogP contribution in [0, 0.1) is 5.92 Å². The molecule has 1 saturated heterocycles. The summed E-state index contributed by atoms with van der Waals surface area (Å²) in [7, 11) is 5.64. The molecule has 1 spiro atoms. The Morgan fingerprint density at radius 1 is 1.14 bits per heavy atom. The predicted molar refractivity (Wildman–Crippen MR) is 108 cm³/mol. The number of amides is 4. The van der Waals surface area contributed by atoms with Crippen LogP contribution < -0.4 is 10.2 Å². The second kappa shape index (κ2) is 7.81. The zero-order chi connectivity index (χ0) is 20.5. The first-order valence-corrected chi connectivity index (χ1v) is 9.86. The van der Waals surface area contributed by atoms with E-state index in [4.69, 9.17) is 0 Å². The molecule has 1 N–H and O–H groups in total. The van der Waals surface area contributed by atoms with Crippen molar-refractivity contribution in [1.29, 1.82) is 0 Å². The number of hydrogen-bond acceptors (Lipinski definition) is 4. The molecule has 3 rings (SSSR count). The lowest BCUT2D eigenvalue weighted by molar-refractivity contribution is -0.139. The van der Waals surface area contributed by atoms with Crippen LogP contribution in [0.5, 0.6) is 0 Å². The molecule has 1 aromatic carbocycles. The monoisotopic (exact) mass is 386 g/mol. The van der Waals surface area contributed by atoms with E-state index in [1.165, 1.54) is 0 Å². The van der Waals surface area contributed by atoms with Crippen LogP contribution in [0.3, 0.4) is 0 Å². The van der Waals surface area contributed by atoms with E-state index in [-0.39, 0.29) is 18.4 Å². The van der Waals surface area contributed by atoms with Gasteiger partial charge in [-0.25, -0.2) is 4.79 Å². The number of nitrogens with zero attached hydrogens (tertiary/aromatic N) is 3. The maximum atomic E-state index is 12.9. The fourth-order valence-electron chi connectivity index (χ4n) is 3.93. The fraction of sp³-hybridized carbons (Fsp3) is 0.571. The van der Waals surface area contributed by atoms with Crippen LogP contribution in [0.4, 0.5) is 10.5 Å². The van der Waals surface area contributed by atoms with E-state index in [0.29, 0.717) is 25.3 Å². The quantitative estimate of drug-likeness (QED) is 0.788. The maximum absolute atomic E-state index is 12.9. The van der Waals surface area contributed by atoms with Gasteiger partial charge in [0.2, 0.25) is 5.91 Å². The molecule has 4 amide bonds. The van der Waals surface area contributed by atoms with E-state index >= 15 is 0 Å². The van der Waals surface area contributed by atoms with E-state index in [0.717, 1.165) is 29.0 Å². The molecule has 1 saturated carbocycles. The molecule has 1 aliphatic heterocycles. The molecule has 7 nitrogen and oxygen atoms in total.